The van der Waals surface area contributed by atoms with Gasteiger partial charge in [0.15, 0.2) is 0 Å². The fourth-order valence-corrected chi connectivity index (χ4v) is 2.21. The van der Waals surface area contributed by atoms with Gasteiger partial charge in [-0.3, -0.25) is 9.59 Å². The maximum Gasteiger partial charge on any atom is 0.316 e. The zero-order valence-corrected chi connectivity index (χ0v) is 16.1. The van der Waals surface area contributed by atoms with Crippen LogP contribution in [0.4, 0.5) is 0 Å². The third-order valence-electron chi connectivity index (χ3n) is 3.28. The summed E-state index contributed by atoms with van der Waals surface area (Å²) >= 11 is 9.30. The number of carbonyl (C=O) groups excluding carboxylic acids is 2. The topological polar surface area (TPSA) is 55.8 Å². The second-order valence-corrected chi connectivity index (χ2v) is 6.44. The molecule has 0 N–H and O–H groups in total. The number of hydrogen-bond donors (Lipinski definition) is 1. The molecule has 7 heteroatoms. The Morgan fingerprint density at radius 3 is 2.04 bits per heavy atom. The number of thiocarbonyl (C=S) groups is 1. The van der Waals surface area contributed by atoms with E-state index in [0.717, 1.165) is 38.5 Å². The summed E-state index contributed by atoms with van der Waals surface area (Å²) in [5, 5.41) is 0. The van der Waals surface area contributed by atoms with Crippen molar-refractivity contribution >= 4 is 42.0 Å². The number of ether oxygens (including phenoxy) is 2. The van der Waals surface area contributed by atoms with E-state index in [4.69, 9.17) is 21.7 Å². The second-order valence-electron chi connectivity index (χ2n) is 5.42. The van der Waals surface area contributed by atoms with Crippen LogP contribution in [0.3, 0.4) is 0 Å². The van der Waals surface area contributed by atoms with Gasteiger partial charge in [-0.15, -0.1) is 0 Å². The number of thiol groups is 1. The molecule has 0 aromatic rings. The zero-order valence-electron chi connectivity index (χ0n) is 14.4. The molecule has 5 nitrogen and oxygen atoms in total. The van der Waals surface area contributed by atoms with E-state index in [1.54, 1.807) is 7.05 Å². The third kappa shape index (κ3) is 10.5. The highest BCUT2D eigenvalue weighted by Gasteiger charge is 2.30. The highest BCUT2D eigenvalue weighted by atomic mass is 32.1. The Balaban J connectivity index is 4.47. The standard InChI is InChI=1S/C16H29NO4S2/c1-4-6-8-10-20-14(18)12-13(15(22)17(3)23)16(19)21-11-9-7-5-2/h13,23H,4-12H2,1-3H3. The maximum atomic E-state index is 12.2. The summed E-state index contributed by atoms with van der Waals surface area (Å²) in [7, 11) is 1.62. The Hall–Kier alpha value is -0.820. The average molecular weight is 364 g/mol. The van der Waals surface area contributed by atoms with Crippen LogP contribution in [-0.4, -0.2) is 41.5 Å². The highest BCUT2D eigenvalue weighted by Crippen LogP contribution is 2.15. The van der Waals surface area contributed by atoms with Crippen LogP contribution in [0.1, 0.15) is 58.8 Å². The van der Waals surface area contributed by atoms with Gasteiger partial charge in [0.2, 0.25) is 0 Å². The van der Waals surface area contributed by atoms with Crippen LogP contribution < -0.4 is 0 Å². The van der Waals surface area contributed by atoms with Gasteiger partial charge in [0.1, 0.15) is 10.9 Å². The molecule has 1 unspecified atom stereocenters. The van der Waals surface area contributed by atoms with Crippen LogP contribution in [0, 0.1) is 5.92 Å². The molecule has 134 valence electrons. The molecule has 0 rings (SSSR count). The number of unbranched alkanes of at least 4 members (excludes halogenated alkanes) is 4. The van der Waals surface area contributed by atoms with Gasteiger partial charge >= 0.3 is 11.9 Å². The van der Waals surface area contributed by atoms with E-state index in [0.29, 0.717) is 13.2 Å². The van der Waals surface area contributed by atoms with Crippen LogP contribution in [-0.2, 0) is 19.1 Å². The van der Waals surface area contributed by atoms with Crippen LogP contribution in [0.2, 0.25) is 0 Å². The molecule has 0 bridgehead atoms. The molecule has 0 saturated heterocycles. The van der Waals surface area contributed by atoms with Crippen molar-refractivity contribution in [2.45, 2.75) is 58.8 Å². The quantitative estimate of drug-likeness (QED) is 0.248. The predicted molar refractivity (Wildman–Crippen MR) is 98.4 cm³/mol. The minimum absolute atomic E-state index is 0.109. The van der Waals surface area contributed by atoms with Gasteiger partial charge in [-0.25, -0.2) is 0 Å². The van der Waals surface area contributed by atoms with Gasteiger partial charge in [0.25, 0.3) is 0 Å². The smallest absolute Gasteiger partial charge is 0.316 e. The van der Waals surface area contributed by atoms with Crippen LogP contribution in [0.25, 0.3) is 0 Å². The SMILES string of the molecule is CCCCCOC(=O)CC(C(=O)OCCCCC)C(=S)N(C)S. The number of carbonyl (C=O) groups is 2. The van der Waals surface area contributed by atoms with E-state index in [9.17, 15) is 9.59 Å². The molecule has 0 aliphatic rings. The van der Waals surface area contributed by atoms with Gasteiger partial charge in [-0.1, -0.05) is 64.6 Å². The summed E-state index contributed by atoms with van der Waals surface area (Å²) in [5.41, 5.74) is 0. The highest BCUT2D eigenvalue weighted by molar-refractivity contribution is 7.84. The molecule has 0 fully saturated rings. The van der Waals surface area contributed by atoms with E-state index >= 15 is 0 Å². The first kappa shape index (κ1) is 22.2. The molecule has 23 heavy (non-hydrogen) atoms. The van der Waals surface area contributed by atoms with E-state index < -0.39 is 17.9 Å². The van der Waals surface area contributed by atoms with Crippen molar-refractivity contribution in [2.24, 2.45) is 5.92 Å². The largest absolute Gasteiger partial charge is 0.466 e. The fourth-order valence-electron chi connectivity index (χ4n) is 1.89. The van der Waals surface area contributed by atoms with E-state index in [1.807, 2.05) is 0 Å². The first-order valence-corrected chi connectivity index (χ1v) is 9.03. The normalized spacial score (nSPS) is 11.7. The van der Waals surface area contributed by atoms with Crippen molar-refractivity contribution in [3.05, 3.63) is 0 Å². The van der Waals surface area contributed by atoms with E-state index in [-0.39, 0.29) is 11.4 Å². The lowest BCUT2D eigenvalue weighted by atomic mass is 10.1. The second kappa shape index (κ2) is 13.6. The molecule has 0 aromatic heterocycles. The lowest BCUT2D eigenvalue weighted by Crippen LogP contribution is -2.34. The lowest BCUT2D eigenvalue weighted by molar-refractivity contribution is -0.153. The van der Waals surface area contributed by atoms with Gasteiger partial charge in [-0.05, 0) is 12.8 Å². The minimum Gasteiger partial charge on any atom is -0.466 e. The van der Waals surface area contributed by atoms with Gasteiger partial charge in [0, 0.05) is 7.05 Å². The molecule has 0 radical (unpaired) electrons. The Bertz CT molecular complexity index is 375. The van der Waals surface area contributed by atoms with Crippen molar-refractivity contribution in [2.75, 3.05) is 20.3 Å². The summed E-state index contributed by atoms with van der Waals surface area (Å²) in [4.78, 5) is 24.3. The fraction of sp³-hybridized carbons (Fsp3) is 0.812. The maximum absolute atomic E-state index is 12.2. The van der Waals surface area contributed by atoms with E-state index in [1.165, 1.54) is 4.31 Å². The summed E-state index contributed by atoms with van der Waals surface area (Å²) in [6.07, 6.45) is 5.62. The molecule has 0 aromatic carbocycles. The zero-order chi connectivity index (χ0) is 17.7. The molecule has 0 heterocycles. The Labute approximate surface area is 150 Å². The Morgan fingerprint density at radius 2 is 1.57 bits per heavy atom. The summed E-state index contributed by atoms with van der Waals surface area (Å²) < 4.78 is 11.7. The number of nitrogens with zero attached hydrogens (tertiary/aromatic N) is 1. The van der Waals surface area contributed by atoms with E-state index in [2.05, 4.69) is 26.7 Å². The molecular formula is C16H29NO4S2. The number of esters is 2. The Morgan fingerprint density at radius 1 is 1.04 bits per heavy atom. The van der Waals surface area contributed by atoms with Gasteiger partial charge in [-0.2, -0.15) is 0 Å². The predicted octanol–water partition coefficient (Wildman–Crippen LogP) is 3.56. The van der Waals surface area contributed by atoms with Crippen LogP contribution >= 0.6 is 25.0 Å². The molecule has 1 atom stereocenters. The lowest BCUT2D eigenvalue weighted by Gasteiger charge is -2.20. The van der Waals surface area contributed by atoms with Crippen molar-refractivity contribution < 1.29 is 19.1 Å². The van der Waals surface area contributed by atoms with Crippen molar-refractivity contribution in [1.29, 1.82) is 0 Å². The molecule has 0 aliphatic carbocycles. The molecule has 0 saturated carbocycles. The van der Waals surface area contributed by atoms with Gasteiger partial charge in [0.05, 0.1) is 19.6 Å². The molecule has 0 spiro atoms. The number of hydrogen-bond acceptors (Lipinski definition) is 6. The van der Waals surface area contributed by atoms with Crippen LogP contribution in [0.5, 0.6) is 0 Å². The van der Waals surface area contributed by atoms with Crippen molar-refractivity contribution in [3.8, 4) is 0 Å². The minimum atomic E-state index is -0.826. The first-order chi connectivity index (χ1) is 10.9. The molecule has 0 aliphatic heterocycles. The molecule has 0 amide bonds. The third-order valence-corrected chi connectivity index (χ3v) is 4.18. The summed E-state index contributed by atoms with van der Waals surface area (Å²) in [6, 6.07) is 0. The summed E-state index contributed by atoms with van der Waals surface area (Å²) in [5.74, 6) is -1.75. The number of rotatable bonds is 12. The van der Waals surface area contributed by atoms with Crippen molar-refractivity contribution in [3.63, 3.8) is 0 Å². The van der Waals surface area contributed by atoms with Crippen molar-refractivity contribution in [1.82, 2.24) is 4.31 Å². The Kier molecular flexibility index (Phi) is 13.1. The molecular weight excluding hydrogens is 334 g/mol. The summed E-state index contributed by atoms with van der Waals surface area (Å²) in [6.45, 7) is 4.86. The monoisotopic (exact) mass is 363 g/mol. The van der Waals surface area contributed by atoms with Gasteiger partial charge < -0.3 is 13.8 Å². The van der Waals surface area contributed by atoms with Crippen LogP contribution in [0.15, 0.2) is 0 Å². The average Bonchev–Trinajstić information content (AvgIpc) is 2.52. The first-order valence-electron chi connectivity index (χ1n) is 8.22.